The number of hydrogen-bond acceptors (Lipinski definition) is 4. The first kappa shape index (κ1) is 16.4. The van der Waals surface area contributed by atoms with Crippen LogP contribution in [0, 0.1) is 6.92 Å². The molecule has 0 radical (unpaired) electrons. The molecule has 20 heavy (non-hydrogen) atoms. The predicted molar refractivity (Wildman–Crippen MR) is 80.9 cm³/mol. The van der Waals surface area contributed by atoms with Crippen molar-refractivity contribution in [1.29, 1.82) is 0 Å². The van der Waals surface area contributed by atoms with E-state index in [9.17, 15) is 9.59 Å². The van der Waals surface area contributed by atoms with Gasteiger partial charge in [-0.05, 0) is 33.3 Å². The summed E-state index contributed by atoms with van der Waals surface area (Å²) in [6, 6.07) is 1.92. The second-order valence-electron chi connectivity index (χ2n) is 4.68. The Morgan fingerprint density at radius 1 is 1.35 bits per heavy atom. The van der Waals surface area contributed by atoms with Crippen molar-refractivity contribution >= 4 is 12.0 Å². The van der Waals surface area contributed by atoms with Crippen LogP contribution in [-0.2, 0) is 11.3 Å². The Bertz CT molecular complexity index is 505. The molecule has 1 heterocycles. The molecule has 1 aromatic heterocycles. The van der Waals surface area contributed by atoms with Crippen molar-refractivity contribution in [3.63, 3.8) is 0 Å². The average Bonchev–Trinajstić information content (AvgIpc) is 2.44. The highest BCUT2D eigenvalue weighted by molar-refractivity contribution is 5.84. The molecule has 0 fully saturated rings. The first-order valence-corrected chi connectivity index (χ1v) is 7.04. The van der Waals surface area contributed by atoms with E-state index in [1.165, 1.54) is 0 Å². The zero-order valence-corrected chi connectivity index (χ0v) is 12.8. The molecule has 0 saturated carbocycles. The molecule has 1 aromatic rings. The Hall–Kier alpha value is -1.62. The number of carbonyl (C=O) groups excluding carboxylic acids is 1. The van der Waals surface area contributed by atoms with Gasteiger partial charge in [0.1, 0.15) is 5.56 Å². The Balaban J connectivity index is 3.25. The largest absolute Gasteiger partial charge is 0.385 e. The number of carbonyl (C=O) groups is 1. The zero-order chi connectivity index (χ0) is 15.1. The molecule has 0 bridgehead atoms. The van der Waals surface area contributed by atoms with Crippen LogP contribution in [0.25, 0.3) is 0 Å². The number of aromatic nitrogens is 1. The van der Waals surface area contributed by atoms with Crippen molar-refractivity contribution in [2.45, 2.75) is 33.7 Å². The standard InChI is InChI=1S/C15H24N2O3/c1-5-16(6-2)14-10-12(3)17(8-7-9-20-4)15(19)13(14)11-18/h10-11H,5-9H2,1-4H3. The monoisotopic (exact) mass is 280 g/mol. The maximum Gasteiger partial charge on any atom is 0.263 e. The SMILES string of the molecule is CCN(CC)c1cc(C)n(CCCOC)c(=O)c1C=O. The van der Waals surface area contributed by atoms with E-state index in [1.807, 2.05) is 31.7 Å². The highest BCUT2D eigenvalue weighted by Crippen LogP contribution is 2.18. The molecule has 1 rings (SSSR count). The summed E-state index contributed by atoms with van der Waals surface area (Å²) in [7, 11) is 1.63. The van der Waals surface area contributed by atoms with Crippen molar-refractivity contribution in [3.8, 4) is 0 Å². The summed E-state index contributed by atoms with van der Waals surface area (Å²) in [6.45, 7) is 8.62. The first-order chi connectivity index (χ1) is 9.60. The molecule has 0 aliphatic carbocycles. The smallest absolute Gasteiger partial charge is 0.263 e. The van der Waals surface area contributed by atoms with E-state index in [0.29, 0.717) is 19.4 Å². The summed E-state index contributed by atoms with van der Waals surface area (Å²) >= 11 is 0. The Morgan fingerprint density at radius 2 is 2.00 bits per heavy atom. The number of aryl methyl sites for hydroxylation is 1. The maximum atomic E-state index is 12.4. The Kier molecular flexibility index (Phi) is 6.45. The predicted octanol–water partition coefficient (Wildman–Crippen LogP) is 1.85. The molecule has 5 nitrogen and oxygen atoms in total. The second-order valence-corrected chi connectivity index (χ2v) is 4.68. The lowest BCUT2D eigenvalue weighted by atomic mass is 10.1. The van der Waals surface area contributed by atoms with Crippen molar-refractivity contribution < 1.29 is 9.53 Å². The molecule has 0 saturated heterocycles. The van der Waals surface area contributed by atoms with Gasteiger partial charge >= 0.3 is 0 Å². The fourth-order valence-corrected chi connectivity index (χ4v) is 2.35. The Labute approximate surface area is 120 Å². The number of ether oxygens (including phenoxy) is 1. The van der Waals surface area contributed by atoms with Crippen molar-refractivity contribution in [2.24, 2.45) is 0 Å². The number of rotatable bonds is 8. The van der Waals surface area contributed by atoms with Gasteiger partial charge in [-0.2, -0.15) is 0 Å². The normalized spacial score (nSPS) is 10.6. The summed E-state index contributed by atoms with van der Waals surface area (Å²) in [4.78, 5) is 25.8. The van der Waals surface area contributed by atoms with Crippen molar-refractivity contribution in [1.82, 2.24) is 4.57 Å². The minimum atomic E-state index is -0.210. The van der Waals surface area contributed by atoms with E-state index in [2.05, 4.69) is 0 Å². The van der Waals surface area contributed by atoms with Crippen LogP contribution in [-0.4, -0.2) is 37.7 Å². The summed E-state index contributed by atoms with van der Waals surface area (Å²) < 4.78 is 6.65. The molecule has 0 aromatic carbocycles. The third kappa shape index (κ3) is 3.48. The van der Waals surface area contributed by atoms with Crippen LogP contribution in [0.3, 0.4) is 0 Å². The topological polar surface area (TPSA) is 51.5 Å². The van der Waals surface area contributed by atoms with Crippen LogP contribution in [0.5, 0.6) is 0 Å². The molecule has 0 amide bonds. The lowest BCUT2D eigenvalue weighted by Gasteiger charge is -2.24. The fraction of sp³-hybridized carbons (Fsp3) is 0.600. The minimum absolute atomic E-state index is 0.210. The van der Waals surface area contributed by atoms with Crippen LogP contribution >= 0.6 is 0 Å². The van der Waals surface area contributed by atoms with Gasteiger partial charge in [0.25, 0.3) is 5.56 Å². The van der Waals surface area contributed by atoms with E-state index >= 15 is 0 Å². The zero-order valence-electron chi connectivity index (χ0n) is 12.8. The third-order valence-corrected chi connectivity index (χ3v) is 3.48. The lowest BCUT2D eigenvalue weighted by Crippen LogP contribution is -2.31. The average molecular weight is 280 g/mol. The summed E-state index contributed by atoms with van der Waals surface area (Å²) in [5.41, 5.74) is 1.64. The van der Waals surface area contributed by atoms with Gasteiger partial charge in [0, 0.05) is 39.0 Å². The summed E-state index contributed by atoms with van der Waals surface area (Å²) in [5, 5.41) is 0. The number of anilines is 1. The Morgan fingerprint density at radius 3 is 2.50 bits per heavy atom. The molecule has 0 N–H and O–H groups in total. The molecule has 0 spiro atoms. The number of aldehydes is 1. The van der Waals surface area contributed by atoms with Crippen molar-refractivity contribution in [3.05, 3.63) is 27.7 Å². The summed E-state index contributed by atoms with van der Waals surface area (Å²) in [5.74, 6) is 0. The minimum Gasteiger partial charge on any atom is -0.385 e. The van der Waals surface area contributed by atoms with Gasteiger partial charge in [-0.15, -0.1) is 0 Å². The van der Waals surface area contributed by atoms with Gasteiger partial charge in [-0.25, -0.2) is 0 Å². The molecule has 112 valence electrons. The molecule has 0 aliphatic heterocycles. The van der Waals surface area contributed by atoms with E-state index in [-0.39, 0.29) is 11.1 Å². The second kappa shape index (κ2) is 7.85. The third-order valence-electron chi connectivity index (χ3n) is 3.48. The van der Waals surface area contributed by atoms with Crippen LogP contribution in [0.15, 0.2) is 10.9 Å². The van der Waals surface area contributed by atoms with E-state index < -0.39 is 0 Å². The number of methoxy groups -OCH3 is 1. The molecule has 5 heteroatoms. The first-order valence-electron chi connectivity index (χ1n) is 7.04. The van der Waals surface area contributed by atoms with Gasteiger partial charge < -0.3 is 14.2 Å². The number of pyridine rings is 1. The van der Waals surface area contributed by atoms with Crippen LogP contribution in [0.2, 0.25) is 0 Å². The van der Waals surface area contributed by atoms with Gasteiger partial charge in [-0.1, -0.05) is 0 Å². The highest BCUT2D eigenvalue weighted by atomic mass is 16.5. The van der Waals surface area contributed by atoms with E-state index in [0.717, 1.165) is 30.9 Å². The molecule has 0 aliphatic rings. The fourth-order valence-electron chi connectivity index (χ4n) is 2.35. The van der Waals surface area contributed by atoms with Crippen molar-refractivity contribution in [2.75, 3.05) is 31.7 Å². The maximum absolute atomic E-state index is 12.4. The van der Waals surface area contributed by atoms with Gasteiger partial charge in [-0.3, -0.25) is 9.59 Å². The van der Waals surface area contributed by atoms with E-state index in [1.54, 1.807) is 11.7 Å². The number of hydrogen-bond donors (Lipinski definition) is 0. The van der Waals surface area contributed by atoms with Crippen LogP contribution in [0.1, 0.15) is 36.3 Å². The molecule has 0 unspecified atom stereocenters. The number of nitrogens with zero attached hydrogens (tertiary/aromatic N) is 2. The van der Waals surface area contributed by atoms with Crippen LogP contribution < -0.4 is 10.5 Å². The summed E-state index contributed by atoms with van der Waals surface area (Å²) in [6.07, 6.45) is 1.42. The highest BCUT2D eigenvalue weighted by Gasteiger charge is 2.15. The van der Waals surface area contributed by atoms with E-state index in [4.69, 9.17) is 4.74 Å². The van der Waals surface area contributed by atoms with Crippen LogP contribution in [0.4, 0.5) is 5.69 Å². The van der Waals surface area contributed by atoms with Gasteiger partial charge in [0.15, 0.2) is 6.29 Å². The molecular formula is C15H24N2O3. The molecular weight excluding hydrogens is 256 g/mol. The molecule has 0 atom stereocenters. The quantitative estimate of drug-likeness (QED) is 0.539. The van der Waals surface area contributed by atoms with Gasteiger partial charge in [0.2, 0.25) is 0 Å². The van der Waals surface area contributed by atoms with Gasteiger partial charge in [0.05, 0.1) is 5.69 Å². The lowest BCUT2D eigenvalue weighted by molar-refractivity contribution is 0.112.